The van der Waals surface area contributed by atoms with E-state index in [0.717, 1.165) is 12.8 Å². The maximum absolute atomic E-state index is 10.9. The van der Waals surface area contributed by atoms with Gasteiger partial charge in [-0.3, -0.25) is 4.79 Å². The highest BCUT2D eigenvalue weighted by molar-refractivity contribution is 5.72. The molecule has 0 rings (SSSR count). The normalized spacial score (nSPS) is 11.7. The van der Waals surface area contributed by atoms with E-state index in [4.69, 9.17) is 5.26 Å². The van der Waals surface area contributed by atoms with Gasteiger partial charge in [-0.05, 0) is 6.42 Å². The topological polar surface area (TPSA) is 50.1 Å². The zero-order valence-corrected chi connectivity index (χ0v) is 6.96. The molecule has 11 heavy (non-hydrogen) atoms. The molecule has 0 fully saturated rings. The standard InChI is InChI=1S/C8H13NO2/c1-3-4-7(2)8(10)11-6-5-9/h7H,3-4,6H2,1-2H3. The van der Waals surface area contributed by atoms with Gasteiger partial charge in [0.05, 0.1) is 5.92 Å². The van der Waals surface area contributed by atoms with Gasteiger partial charge in [-0.2, -0.15) is 5.26 Å². The number of nitriles is 1. The second-order valence-electron chi connectivity index (χ2n) is 2.46. The fourth-order valence-electron chi connectivity index (χ4n) is 0.797. The molecule has 0 aliphatic carbocycles. The van der Waals surface area contributed by atoms with E-state index in [1.165, 1.54) is 0 Å². The number of nitrogens with zero attached hydrogens (tertiary/aromatic N) is 1. The molecular formula is C8H13NO2. The lowest BCUT2D eigenvalue weighted by molar-refractivity contribution is -0.146. The molecular weight excluding hydrogens is 142 g/mol. The van der Waals surface area contributed by atoms with Crippen molar-refractivity contribution >= 4 is 5.97 Å². The summed E-state index contributed by atoms with van der Waals surface area (Å²) >= 11 is 0. The van der Waals surface area contributed by atoms with Crippen LogP contribution in [-0.4, -0.2) is 12.6 Å². The Morgan fingerprint density at radius 2 is 2.36 bits per heavy atom. The van der Waals surface area contributed by atoms with Crippen LogP contribution in [-0.2, 0) is 9.53 Å². The predicted molar refractivity (Wildman–Crippen MR) is 40.6 cm³/mol. The minimum Gasteiger partial charge on any atom is -0.450 e. The first-order valence-electron chi connectivity index (χ1n) is 3.76. The maximum Gasteiger partial charge on any atom is 0.309 e. The number of carbonyl (C=O) groups is 1. The van der Waals surface area contributed by atoms with Gasteiger partial charge in [-0.15, -0.1) is 0 Å². The smallest absolute Gasteiger partial charge is 0.309 e. The van der Waals surface area contributed by atoms with Gasteiger partial charge in [-0.25, -0.2) is 0 Å². The van der Waals surface area contributed by atoms with E-state index in [0.29, 0.717) is 0 Å². The monoisotopic (exact) mass is 155 g/mol. The zero-order valence-electron chi connectivity index (χ0n) is 6.96. The number of hydrogen-bond acceptors (Lipinski definition) is 3. The molecule has 0 aromatic rings. The van der Waals surface area contributed by atoms with Gasteiger partial charge in [0.2, 0.25) is 0 Å². The summed E-state index contributed by atoms with van der Waals surface area (Å²) in [6, 6.07) is 1.75. The van der Waals surface area contributed by atoms with E-state index < -0.39 is 0 Å². The van der Waals surface area contributed by atoms with Crippen LogP contribution in [0.3, 0.4) is 0 Å². The number of ether oxygens (including phenoxy) is 1. The van der Waals surface area contributed by atoms with Crippen LogP contribution in [0.2, 0.25) is 0 Å². The van der Waals surface area contributed by atoms with Crippen LogP contribution < -0.4 is 0 Å². The van der Waals surface area contributed by atoms with Crippen molar-refractivity contribution in [3.8, 4) is 6.07 Å². The molecule has 1 atom stereocenters. The van der Waals surface area contributed by atoms with Gasteiger partial charge < -0.3 is 4.74 Å². The second kappa shape index (κ2) is 5.72. The van der Waals surface area contributed by atoms with Crippen LogP contribution in [0.15, 0.2) is 0 Å². The molecule has 1 unspecified atom stereocenters. The van der Waals surface area contributed by atoms with Gasteiger partial charge in [0.25, 0.3) is 0 Å². The molecule has 0 aromatic carbocycles. The predicted octanol–water partition coefficient (Wildman–Crippen LogP) is 1.49. The van der Waals surface area contributed by atoms with Gasteiger partial charge in [-0.1, -0.05) is 20.3 Å². The molecule has 0 aliphatic heterocycles. The Kier molecular flexibility index (Phi) is 5.18. The quantitative estimate of drug-likeness (QED) is 0.578. The summed E-state index contributed by atoms with van der Waals surface area (Å²) in [6.45, 7) is 3.68. The number of rotatable bonds is 4. The summed E-state index contributed by atoms with van der Waals surface area (Å²) in [5.41, 5.74) is 0. The van der Waals surface area contributed by atoms with Crippen LogP contribution in [0.5, 0.6) is 0 Å². The zero-order chi connectivity index (χ0) is 8.69. The molecule has 62 valence electrons. The lowest BCUT2D eigenvalue weighted by atomic mass is 10.1. The largest absolute Gasteiger partial charge is 0.450 e. The lowest BCUT2D eigenvalue weighted by Gasteiger charge is -2.06. The average Bonchev–Trinajstić information content (AvgIpc) is 2.00. The minimum atomic E-state index is -0.270. The fraction of sp³-hybridized carbons (Fsp3) is 0.750. The second-order valence-corrected chi connectivity index (χ2v) is 2.46. The highest BCUT2D eigenvalue weighted by Crippen LogP contribution is 2.06. The average molecular weight is 155 g/mol. The highest BCUT2D eigenvalue weighted by atomic mass is 16.5. The summed E-state index contributed by atoms with van der Waals surface area (Å²) in [4.78, 5) is 10.9. The third-order valence-corrected chi connectivity index (χ3v) is 1.40. The van der Waals surface area contributed by atoms with E-state index in [2.05, 4.69) is 4.74 Å². The van der Waals surface area contributed by atoms with Crippen molar-refractivity contribution in [2.75, 3.05) is 6.61 Å². The third-order valence-electron chi connectivity index (χ3n) is 1.40. The first-order chi connectivity index (χ1) is 5.22. The van der Waals surface area contributed by atoms with Gasteiger partial charge in [0.1, 0.15) is 6.07 Å². The lowest BCUT2D eigenvalue weighted by Crippen LogP contribution is -2.14. The molecule has 0 saturated heterocycles. The van der Waals surface area contributed by atoms with E-state index in [1.807, 2.05) is 13.8 Å². The molecule has 3 nitrogen and oxygen atoms in total. The Hall–Kier alpha value is -1.04. The first kappa shape index (κ1) is 9.96. The van der Waals surface area contributed by atoms with Crippen LogP contribution in [0.25, 0.3) is 0 Å². The van der Waals surface area contributed by atoms with Crippen molar-refractivity contribution in [3.63, 3.8) is 0 Å². The summed E-state index contributed by atoms with van der Waals surface area (Å²) in [7, 11) is 0. The SMILES string of the molecule is CCCC(C)C(=O)OCC#N. The van der Waals surface area contributed by atoms with Crippen molar-refractivity contribution in [1.82, 2.24) is 0 Å². The molecule has 0 heterocycles. The first-order valence-corrected chi connectivity index (χ1v) is 3.76. The van der Waals surface area contributed by atoms with Crippen LogP contribution >= 0.6 is 0 Å². The van der Waals surface area contributed by atoms with E-state index in [-0.39, 0.29) is 18.5 Å². The minimum absolute atomic E-state index is 0.0756. The molecule has 0 radical (unpaired) electrons. The summed E-state index contributed by atoms with van der Waals surface area (Å²) < 4.78 is 4.61. The van der Waals surface area contributed by atoms with Gasteiger partial charge >= 0.3 is 5.97 Å². The molecule has 0 amide bonds. The van der Waals surface area contributed by atoms with Crippen LogP contribution in [0.1, 0.15) is 26.7 Å². The van der Waals surface area contributed by atoms with Crippen LogP contribution in [0.4, 0.5) is 0 Å². The number of esters is 1. The molecule has 3 heteroatoms. The summed E-state index contributed by atoms with van der Waals surface area (Å²) in [6.07, 6.45) is 1.78. The molecule has 0 aliphatic rings. The Morgan fingerprint density at radius 3 is 2.82 bits per heavy atom. The van der Waals surface area contributed by atoms with Crippen LogP contribution in [0, 0.1) is 17.2 Å². The van der Waals surface area contributed by atoms with E-state index in [1.54, 1.807) is 6.07 Å². The van der Waals surface area contributed by atoms with Crippen molar-refractivity contribution < 1.29 is 9.53 Å². The fourth-order valence-corrected chi connectivity index (χ4v) is 0.797. The number of carbonyl (C=O) groups excluding carboxylic acids is 1. The van der Waals surface area contributed by atoms with E-state index in [9.17, 15) is 4.79 Å². The third kappa shape index (κ3) is 4.38. The van der Waals surface area contributed by atoms with Crippen molar-refractivity contribution in [1.29, 1.82) is 5.26 Å². The molecule has 0 N–H and O–H groups in total. The van der Waals surface area contributed by atoms with Gasteiger partial charge in [0, 0.05) is 0 Å². The van der Waals surface area contributed by atoms with Crippen molar-refractivity contribution in [3.05, 3.63) is 0 Å². The van der Waals surface area contributed by atoms with E-state index >= 15 is 0 Å². The van der Waals surface area contributed by atoms with Gasteiger partial charge in [0.15, 0.2) is 6.61 Å². The van der Waals surface area contributed by atoms with Crippen molar-refractivity contribution in [2.24, 2.45) is 5.92 Å². The summed E-state index contributed by atoms with van der Waals surface area (Å²) in [5, 5.41) is 8.10. The Labute approximate surface area is 67.0 Å². The summed E-state index contributed by atoms with van der Waals surface area (Å²) in [5.74, 6) is -0.346. The van der Waals surface area contributed by atoms with Crippen molar-refractivity contribution in [2.45, 2.75) is 26.7 Å². The Morgan fingerprint density at radius 1 is 1.73 bits per heavy atom. The maximum atomic E-state index is 10.9. The molecule has 0 aromatic heterocycles. The molecule has 0 saturated carbocycles. The molecule has 0 spiro atoms. The highest BCUT2D eigenvalue weighted by Gasteiger charge is 2.12. The number of hydrogen-bond donors (Lipinski definition) is 0. The Bertz CT molecular complexity index is 160. The molecule has 0 bridgehead atoms. The Balaban J connectivity index is 3.57.